The number of nitro benzene ring substituents is 1. The number of non-ortho nitro benzene ring substituents is 1. The second-order valence-corrected chi connectivity index (χ2v) is 8.90. The zero-order chi connectivity index (χ0) is 24.5. The molecule has 1 atom stereocenters. The Labute approximate surface area is 200 Å². The zero-order valence-electron chi connectivity index (χ0n) is 19.0. The number of hydrogen-bond donors (Lipinski definition) is 1. The van der Waals surface area contributed by atoms with Gasteiger partial charge in [-0.3, -0.25) is 24.3 Å². The summed E-state index contributed by atoms with van der Waals surface area (Å²) in [6.45, 7) is 0.969. The van der Waals surface area contributed by atoms with Crippen LogP contribution in [0.4, 0.5) is 11.5 Å². The molecule has 1 N–H and O–H groups in total. The molecule has 11 heteroatoms. The molecule has 1 aromatic carbocycles. The second kappa shape index (κ2) is 9.31. The Balaban J connectivity index is 1.44. The molecule has 1 unspecified atom stereocenters. The van der Waals surface area contributed by atoms with Gasteiger partial charge in [0.05, 0.1) is 40.4 Å². The first-order valence-corrected chi connectivity index (χ1v) is 11.7. The third-order valence-electron chi connectivity index (χ3n) is 6.69. The highest BCUT2D eigenvalue weighted by molar-refractivity contribution is 5.92. The van der Waals surface area contributed by atoms with Crippen LogP contribution in [0.1, 0.15) is 42.5 Å². The summed E-state index contributed by atoms with van der Waals surface area (Å²) >= 11 is 0. The number of carbonyl (C=O) groups is 1. The van der Waals surface area contributed by atoms with Crippen LogP contribution in [0.2, 0.25) is 0 Å². The number of ether oxygens (including phenoxy) is 1. The summed E-state index contributed by atoms with van der Waals surface area (Å²) < 4.78 is 8.98. The lowest BCUT2D eigenvalue weighted by atomic mass is 9.95. The van der Waals surface area contributed by atoms with Crippen LogP contribution in [0.5, 0.6) is 0 Å². The highest BCUT2D eigenvalue weighted by Gasteiger charge is 2.28. The van der Waals surface area contributed by atoms with Crippen molar-refractivity contribution < 1.29 is 14.5 Å². The monoisotopic (exact) mass is 476 g/mol. The third-order valence-corrected chi connectivity index (χ3v) is 6.69. The van der Waals surface area contributed by atoms with E-state index in [9.17, 15) is 25.0 Å². The summed E-state index contributed by atoms with van der Waals surface area (Å²) in [4.78, 5) is 40.5. The van der Waals surface area contributed by atoms with Gasteiger partial charge in [-0.15, -0.1) is 0 Å². The molecule has 1 aliphatic heterocycles. The number of amides is 1. The zero-order valence-corrected chi connectivity index (χ0v) is 19.0. The Bertz CT molecular complexity index is 1430. The third kappa shape index (κ3) is 4.28. The van der Waals surface area contributed by atoms with Crippen molar-refractivity contribution in [2.45, 2.75) is 57.7 Å². The molecule has 35 heavy (non-hydrogen) atoms. The molecule has 0 spiro atoms. The molecule has 2 aliphatic rings. The number of hydrogen-bond acceptors (Lipinski definition) is 7. The van der Waals surface area contributed by atoms with Gasteiger partial charge in [-0.05, 0) is 50.2 Å². The van der Waals surface area contributed by atoms with Crippen molar-refractivity contribution in [3.05, 3.63) is 61.8 Å². The van der Waals surface area contributed by atoms with E-state index in [2.05, 4.69) is 16.4 Å². The number of rotatable bonds is 6. The second-order valence-electron chi connectivity index (χ2n) is 8.90. The Morgan fingerprint density at radius 1 is 1.31 bits per heavy atom. The molecule has 0 radical (unpaired) electrons. The predicted molar refractivity (Wildman–Crippen MR) is 126 cm³/mol. The maximum Gasteiger partial charge on any atom is 0.271 e. The number of fused-ring (bicyclic) bond motifs is 2. The molecule has 0 saturated carbocycles. The average molecular weight is 476 g/mol. The van der Waals surface area contributed by atoms with Gasteiger partial charge in [0.1, 0.15) is 18.4 Å². The molecule has 0 bridgehead atoms. The molecule has 2 aromatic heterocycles. The molecule has 3 aromatic rings. The van der Waals surface area contributed by atoms with Gasteiger partial charge in [-0.25, -0.2) is 4.98 Å². The minimum absolute atomic E-state index is 0.0342. The number of nitro groups is 1. The van der Waals surface area contributed by atoms with Crippen molar-refractivity contribution in [2.24, 2.45) is 0 Å². The van der Waals surface area contributed by atoms with E-state index in [1.54, 1.807) is 0 Å². The van der Waals surface area contributed by atoms with Crippen molar-refractivity contribution in [3.63, 3.8) is 0 Å². The fourth-order valence-corrected chi connectivity index (χ4v) is 5.01. The minimum Gasteiger partial charge on any atom is -0.376 e. The first kappa shape index (κ1) is 22.7. The number of anilines is 1. The molecule has 11 nitrogen and oxygen atoms in total. The summed E-state index contributed by atoms with van der Waals surface area (Å²) in [6.07, 6.45) is 6.81. The van der Waals surface area contributed by atoms with Crippen molar-refractivity contribution in [2.75, 3.05) is 11.9 Å². The molecule has 3 heterocycles. The van der Waals surface area contributed by atoms with Crippen LogP contribution in [0.15, 0.2) is 29.3 Å². The van der Waals surface area contributed by atoms with Gasteiger partial charge in [-0.2, -0.15) is 5.26 Å². The molecule has 1 aliphatic carbocycles. The summed E-state index contributed by atoms with van der Waals surface area (Å²) in [6, 6.07) is 6.07. The van der Waals surface area contributed by atoms with E-state index in [4.69, 9.17) is 4.74 Å². The minimum atomic E-state index is -0.557. The van der Waals surface area contributed by atoms with Crippen LogP contribution in [0.3, 0.4) is 0 Å². The number of nitrogens with one attached hydrogen (secondary N) is 1. The van der Waals surface area contributed by atoms with Crippen molar-refractivity contribution in [1.82, 2.24) is 14.1 Å². The van der Waals surface area contributed by atoms with Crippen LogP contribution >= 0.6 is 0 Å². The number of aromatic nitrogens is 3. The van der Waals surface area contributed by atoms with E-state index in [0.717, 1.165) is 54.3 Å². The molecule has 1 saturated heterocycles. The lowest BCUT2D eigenvalue weighted by Crippen LogP contribution is -2.29. The van der Waals surface area contributed by atoms with Gasteiger partial charge in [0.25, 0.3) is 11.2 Å². The topological polar surface area (TPSA) is 145 Å². The summed E-state index contributed by atoms with van der Waals surface area (Å²) in [7, 11) is 0. The number of carbonyl (C=O) groups excluding carboxylic acids is 1. The standard InChI is InChI=1S/C24H24N6O5/c25-11-19-17-5-1-2-6-21(17)29(12-16-4-3-9-35-16)23(19)27-22(31)13-28-14-26-20-10-15(30(33)34)7-8-18(20)24(28)32/h7-8,10,14,16H,1-6,9,12-13H2,(H,27,31). The van der Waals surface area contributed by atoms with Crippen LogP contribution in [-0.4, -0.2) is 37.7 Å². The van der Waals surface area contributed by atoms with Crippen molar-refractivity contribution >= 4 is 28.3 Å². The number of nitriles is 1. The summed E-state index contributed by atoms with van der Waals surface area (Å²) in [5.74, 6) is -0.00702. The molecule has 1 amide bonds. The average Bonchev–Trinajstić information content (AvgIpc) is 3.47. The van der Waals surface area contributed by atoms with Gasteiger partial charge in [-0.1, -0.05) is 0 Å². The van der Waals surface area contributed by atoms with E-state index in [1.165, 1.54) is 24.5 Å². The van der Waals surface area contributed by atoms with E-state index >= 15 is 0 Å². The lowest BCUT2D eigenvalue weighted by Gasteiger charge is -2.20. The van der Waals surface area contributed by atoms with E-state index in [1.807, 2.05) is 4.57 Å². The van der Waals surface area contributed by atoms with Gasteiger partial charge in [0.2, 0.25) is 5.91 Å². The van der Waals surface area contributed by atoms with E-state index in [0.29, 0.717) is 24.5 Å². The van der Waals surface area contributed by atoms with Gasteiger partial charge >= 0.3 is 0 Å². The Morgan fingerprint density at radius 3 is 2.89 bits per heavy atom. The first-order valence-electron chi connectivity index (χ1n) is 11.7. The maximum absolute atomic E-state index is 13.0. The molecule has 180 valence electrons. The number of benzene rings is 1. The summed E-state index contributed by atoms with van der Waals surface area (Å²) in [5, 5.41) is 24.0. The van der Waals surface area contributed by atoms with Gasteiger partial charge in [0.15, 0.2) is 0 Å². The number of nitrogens with zero attached hydrogens (tertiary/aromatic N) is 5. The normalized spacial score (nSPS) is 17.2. The Morgan fingerprint density at radius 2 is 2.14 bits per heavy atom. The maximum atomic E-state index is 13.0. The highest BCUT2D eigenvalue weighted by atomic mass is 16.6. The van der Waals surface area contributed by atoms with E-state index in [-0.39, 0.29) is 29.2 Å². The lowest BCUT2D eigenvalue weighted by molar-refractivity contribution is -0.384. The molecular formula is C24H24N6O5. The Kier molecular flexibility index (Phi) is 6.05. The van der Waals surface area contributed by atoms with Gasteiger partial charge in [0, 0.05) is 24.4 Å². The van der Waals surface area contributed by atoms with Crippen LogP contribution in [0, 0.1) is 21.4 Å². The predicted octanol–water partition coefficient (Wildman–Crippen LogP) is 2.67. The first-order chi connectivity index (χ1) is 17.0. The fourth-order valence-electron chi connectivity index (χ4n) is 5.01. The Hall–Kier alpha value is -4.04. The van der Waals surface area contributed by atoms with Crippen LogP contribution in [-0.2, 0) is 35.5 Å². The van der Waals surface area contributed by atoms with E-state index < -0.39 is 16.4 Å². The fraction of sp³-hybridized carbons (Fsp3) is 0.417. The van der Waals surface area contributed by atoms with Crippen LogP contribution in [0.25, 0.3) is 10.9 Å². The van der Waals surface area contributed by atoms with Gasteiger partial charge < -0.3 is 14.6 Å². The largest absolute Gasteiger partial charge is 0.376 e. The van der Waals surface area contributed by atoms with Crippen LogP contribution < -0.4 is 10.9 Å². The molecular weight excluding hydrogens is 452 g/mol. The summed E-state index contributed by atoms with van der Waals surface area (Å²) in [5.41, 5.74) is 2.07. The quantitative estimate of drug-likeness (QED) is 0.425. The SMILES string of the molecule is N#Cc1c2c(n(CC3CCCO3)c1NC(=O)Cn1cnc3cc([N+](=O)[O-])ccc3c1=O)CCCC2. The molecule has 5 rings (SSSR count). The van der Waals surface area contributed by atoms with Crippen molar-refractivity contribution in [3.8, 4) is 6.07 Å². The van der Waals surface area contributed by atoms with Crippen molar-refractivity contribution in [1.29, 1.82) is 5.26 Å². The highest BCUT2D eigenvalue weighted by Crippen LogP contribution is 2.34. The molecule has 1 fully saturated rings. The smallest absolute Gasteiger partial charge is 0.271 e.